The molecule has 0 heterocycles. The van der Waals surface area contributed by atoms with Crippen molar-refractivity contribution in [2.45, 2.75) is 12.7 Å². The highest BCUT2D eigenvalue weighted by Crippen LogP contribution is 2.15. The Labute approximate surface area is 135 Å². The number of carbonyl (C=O) groups excluding carboxylic acids is 2. The molecule has 0 N–H and O–H groups in total. The van der Waals surface area contributed by atoms with Gasteiger partial charge in [0.2, 0.25) is 0 Å². The van der Waals surface area contributed by atoms with Crippen LogP contribution in [0.15, 0.2) is 54.6 Å². The van der Waals surface area contributed by atoms with Gasteiger partial charge in [-0.1, -0.05) is 43.5 Å². The Bertz CT molecular complexity index is 537. The topological polar surface area (TPSA) is 52.6 Å². The van der Waals surface area contributed by atoms with Gasteiger partial charge in [-0.3, -0.25) is 0 Å². The van der Waals surface area contributed by atoms with Crippen LogP contribution in [-0.4, -0.2) is 30.9 Å². The van der Waals surface area contributed by atoms with Crippen LogP contribution in [-0.2, 0) is 24.8 Å². The Kier molecular flexibility index (Phi) is 8.07. The lowest BCUT2D eigenvalue weighted by atomic mass is 10.2. The maximum atomic E-state index is 11.7. The highest BCUT2D eigenvalue weighted by Gasteiger charge is 2.09. The Morgan fingerprint density at radius 3 is 2.23 bits per heavy atom. The number of carbonyl (C=O) groups is 2. The van der Waals surface area contributed by atoms with E-state index in [4.69, 9.17) is 9.47 Å². The van der Waals surface area contributed by atoms with E-state index in [0.717, 1.165) is 5.75 Å². The van der Waals surface area contributed by atoms with Gasteiger partial charge in [-0.2, -0.15) is 11.8 Å². The van der Waals surface area contributed by atoms with Crippen molar-refractivity contribution < 1.29 is 19.1 Å². The van der Waals surface area contributed by atoms with Gasteiger partial charge in [-0.25, -0.2) is 9.59 Å². The van der Waals surface area contributed by atoms with Gasteiger partial charge < -0.3 is 9.47 Å². The zero-order chi connectivity index (χ0) is 16.4. The van der Waals surface area contributed by atoms with Crippen molar-refractivity contribution in [3.8, 4) is 0 Å². The number of esters is 2. The summed E-state index contributed by atoms with van der Waals surface area (Å²) >= 11 is 1.59. The molecular formula is C17H20O4S. The van der Waals surface area contributed by atoms with E-state index in [2.05, 4.69) is 13.2 Å². The molecule has 0 spiro atoms. The summed E-state index contributed by atoms with van der Waals surface area (Å²) in [6, 6.07) is 9.98. The van der Waals surface area contributed by atoms with Gasteiger partial charge in [-0.05, 0) is 12.5 Å². The van der Waals surface area contributed by atoms with Crippen LogP contribution in [0.25, 0.3) is 0 Å². The Hall–Kier alpha value is -2.01. The van der Waals surface area contributed by atoms with E-state index in [0.29, 0.717) is 16.9 Å². The van der Waals surface area contributed by atoms with Crippen molar-refractivity contribution in [2.24, 2.45) is 0 Å². The lowest BCUT2D eigenvalue weighted by Crippen LogP contribution is -2.15. The number of rotatable bonds is 9. The molecule has 0 aliphatic rings. The fraction of sp³-hybridized carbons (Fsp3) is 0.294. The molecule has 1 aromatic carbocycles. The monoisotopic (exact) mass is 320 g/mol. The largest absolute Gasteiger partial charge is 0.459 e. The first-order chi connectivity index (χ1) is 10.5. The van der Waals surface area contributed by atoms with Crippen LogP contribution < -0.4 is 0 Å². The van der Waals surface area contributed by atoms with Crippen LogP contribution >= 0.6 is 11.8 Å². The van der Waals surface area contributed by atoms with Gasteiger partial charge in [0.1, 0.15) is 13.2 Å². The SMILES string of the molecule is C=C(C)C(=O)OCCOC(=O)C(=C)CSCc1ccccc1. The molecule has 0 saturated heterocycles. The standard InChI is InChI=1S/C17H20O4S/c1-13(2)16(18)20-9-10-21-17(19)14(3)11-22-12-15-7-5-4-6-8-15/h4-8H,1,3,9-12H2,2H3. The molecule has 1 rings (SSSR count). The molecule has 1 aromatic rings. The maximum absolute atomic E-state index is 11.7. The first-order valence-corrected chi connectivity index (χ1v) is 7.95. The average molecular weight is 320 g/mol. The predicted molar refractivity (Wildman–Crippen MR) is 88.5 cm³/mol. The minimum absolute atomic E-state index is 0.0141. The Balaban J connectivity index is 2.15. The smallest absolute Gasteiger partial charge is 0.334 e. The first-order valence-electron chi connectivity index (χ1n) is 6.80. The Morgan fingerprint density at radius 2 is 1.64 bits per heavy atom. The van der Waals surface area contributed by atoms with Gasteiger partial charge in [-0.15, -0.1) is 0 Å². The highest BCUT2D eigenvalue weighted by molar-refractivity contribution is 7.98. The quantitative estimate of drug-likeness (QED) is 0.397. The minimum Gasteiger partial charge on any atom is -0.459 e. The summed E-state index contributed by atoms with van der Waals surface area (Å²) in [4.78, 5) is 22.8. The molecule has 0 aliphatic heterocycles. The van der Waals surface area contributed by atoms with Crippen molar-refractivity contribution in [1.29, 1.82) is 0 Å². The molecule has 0 bridgehead atoms. The van der Waals surface area contributed by atoms with Crippen molar-refractivity contribution in [2.75, 3.05) is 19.0 Å². The summed E-state index contributed by atoms with van der Waals surface area (Å²) in [7, 11) is 0. The summed E-state index contributed by atoms with van der Waals surface area (Å²) in [5, 5.41) is 0. The van der Waals surface area contributed by atoms with Crippen molar-refractivity contribution in [3.05, 3.63) is 60.2 Å². The van der Waals surface area contributed by atoms with Gasteiger partial charge in [0.05, 0.1) is 0 Å². The van der Waals surface area contributed by atoms with Gasteiger partial charge in [0, 0.05) is 22.7 Å². The molecule has 0 saturated carbocycles. The second-order valence-electron chi connectivity index (χ2n) is 4.63. The van der Waals surface area contributed by atoms with Gasteiger partial charge >= 0.3 is 11.9 Å². The molecule has 0 amide bonds. The third-order valence-corrected chi connectivity index (χ3v) is 3.66. The van der Waals surface area contributed by atoms with Crippen LogP contribution in [0, 0.1) is 0 Å². The second-order valence-corrected chi connectivity index (χ2v) is 5.62. The van der Waals surface area contributed by atoms with E-state index in [1.54, 1.807) is 18.7 Å². The van der Waals surface area contributed by atoms with E-state index in [1.165, 1.54) is 5.56 Å². The molecule has 0 atom stereocenters. The Morgan fingerprint density at radius 1 is 1.05 bits per heavy atom. The number of ether oxygens (including phenoxy) is 2. The number of benzene rings is 1. The van der Waals surface area contributed by atoms with E-state index >= 15 is 0 Å². The average Bonchev–Trinajstić information content (AvgIpc) is 2.51. The van der Waals surface area contributed by atoms with Gasteiger partial charge in [0.15, 0.2) is 0 Å². The normalized spacial score (nSPS) is 9.86. The fourth-order valence-corrected chi connectivity index (χ4v) is 2.31. The van der Waals surface area contributed by atoms with Crippen LogP contribution in [0.4, 0.5) is 0 Å². The number of hydrogen-bond donors (Lipinski definition) is 0. The van der Waals surface area contributed by atoms with E-state index in [9.17, 15) is 9.59 Å². The first kappa shape index (κ1) is 18.0. The lowest BCUT2D eigenvalue weighted by Gasteiger charge is -2.08. The van der Waals surface area contributed by atoms with Crippen molar-refractivity contribution >= 4 is 23.7 Å². The van der Waals surface area contributed by atoms with Crippen molar-refractivity contribution in [1.82, 2.24) is 0 Å². The molecular weight excluding hydrogens is 300 g/mol. The van der Waals surface area contributed by atoms with E-state index in [-0.39, 0.29) is 13.2 Å². The molecule has 4 nitrogen and oxygen atoms in total. The molecule has 0 unspecified atom stereocenters. The van der Waals surface area contributed by atoms with Crippen LogP contribution in [0.5, 0.6) is 0 Å². The molecule has 0 aliphatic carbocycles. The molecule has 0 radical (unpaired) electrons. The van der Waals surface area contributed by atoms with Crippen LogP contribution in [0.3, 0.4) is 0 Å². The molecule has 5 heteroatoms. The number of hydrogen-bond acceptors (Lipinski definition) is 5. The summed E-state index contributed by atoms with van der Waals surface area (Å²) < 4.78 is 9.80. The molecule has 0 fully saturated rings. The van der Waals surface area contributed by atoms with Crippen LogP contribution in [0.2, 0.25) is 0 Å². The molecule has 0 aromatic heterocycles. The highest BCUT2D eigenvalue weighted by atomic mass is 32.2. The van der Waals surface area contributed by atoms with E-state index in [1.807, 2.05) is 30.3 Å². The molecule has 22 heavy (non-hydrogen) atoms. The third-order valence-electron chi connectivity index (χ3n) is 2.57. The van der Waals surface area contributed by atoms with Crippen LogP contribution in [0.1, 0.15) is 12.5 Å². The number of thioether (sulfide) groups is 1. The van der Waals surface area contributed by atoms with Gasteiger partial charge in [0.25, 0.3) is 0 Å². The zero-order valence-electron chi connectivity index (χ0n) is 12.7. The summed E-state index contributed by atoms with van der Waals surface area (Å²) in [5.74, 6) is 0.350. The van der Waals surface area contributed by atoms with Crippen molar-refractivity contribution in [3.63, 3.8) is 0 Å². The van der Waals surface area contributed by atoms with E-state index < -0.39 is 11.9 Å². The predicted octanol–water partition coefficient (Wildman–Crippen LogP) is 3.14. The third kappa shape index (κ3) is 7.13. The minimum atomic E-state index is -0.492. The summed E-state index contributed by atoms with van der Waals surface area (Å²) in [6.07, 6.45) is 0. The lowest BCUT2D eigenvalue weighted by molar-refractivity contribution is -0.147. The summed E-state index contributed by atoms with van der Waals surface area (Å²) in [6.45, 7) is 8.75. The zero-order valence-corrected chi connectivity index (χ0v) is 13.5. The second kappa shape index (κ2) is 9.84. The summed E-state index contributed by atoms with van der Waals surface area (Å²) in [5.41, 5.74) is 1.90. The maximum Gasteiger partial charge on any atom is 0.334 e. The fourth-order valence-electron chi connectivity index (χ4n) is 1.42. The molecule has 118 valence electrons.